The van der Waals surface area contributed by atoms with Crippen molar-refractivity contribution >= 4 is 5.69 Å². The van der Waals surface area contributed by atoms with Crippen LogP contribution < -0.4 is 4.90 Å². The molecule has 0 unspecified atom stereocenters. The van der Waals surface area contributed by atoms with Crippen LogP contribution in [-0.2, 0) is 12.7 Å². The lowest BCUT2D eigenvalue weighted by molar-refractivity contribution is -0.137. The maximum atomic E-state index is 13.1. The molecule has 0 aliphatic heterocycles. The Labute approximate surface area is 143 Å². The molecular weight excluding hydrogens is 364 g/mol. The summed E-state index contributed by atoms with van der Waals surface area (Å²) in [6.07, 6.45) is -8.53. The van der Waals surface area contributed by atoms with Gasteiger partial charge in [0.2, 0.25) is 0 Å². The first kappa shape index (κ1) is 19.2. The third kappa shape index (κ3) is 4.48. The van der Waals surface area contributed by atoms with Crippen molar-refractivity contribution in [2.75, 3.05) is 11.4 Å². The number of anilines is 1. The molecule has 4 nitrogen and oxygen atoms in total. The fraction of sp³-hybridized carbons (Fsp3) is 0.250. The molecule has 0 saturated carbocycles. The molecule has 2 aromatic rings. The van der Waals surface area contributed by atoms with Gasteiger partial charge in [-0.05, 0) is 24.3 Å². The summed E-state index contributed by atoms with van der Waals surface area (Å²) in [5.74, 6) is -0.116. The van der Waals surface area contributed by atoms with Crippen LogP contribution in [0.15, 0.2) is 34.9 Å². The molecule has 1 aromatic carbocycles. The van der Waals surface area contributed by atoms with Crippen molar-refractivity contribution in [3.8, 4) is 12.1 Å². The highest BCUT2D eigenvalue weighted by molar-refractivity contribution is 5.55. The third-order valence-corrected chi connectivity index (χ3v) is 3.36. The Hall–Kier alpha value is -3.14. The molecule has 0 N–H and O–H groups in total. The van der Waals surface area contributed by atoms with Crippen LogP contribution in [0.25, 0.3) is 0 Å². The molecule has 2 rings (SSSR count). The molecule has 0 radical (unpaired) electrons. The highest BCUT2D eigenvalue weighted by Gasteiger charge is 2.36. The lowest BCUT2D eigenvalue weighted by atomic mass is 10.1. The quantitative estimate of drug-likeness (QED) is 0.734. The van der Waals surface area contributed by atoms with E-state index in [9.17, 15) is 26.3 Å². The van der Waals surface area contributed by atoms with Crippen LogP contribution in [0, 0.1) is 22.7 Å². The molecule has 0 atom stereocenters. The molecule has 0 aliphatic rings. The summed E-state index contributed by atoms with van der Waals surface area (Å²) in [6.45, 7) is -2.14. The van der Waals surface area contributed by atoms with Gasteiger partial charge in [0.25, 0.3) is 0 Å². The largest absolute Gasteiger partial charge is 0.466 e. The normalized spacial score (nSPS) is 11.7. The summed E-state index contributed by atoms with van der Waals surface area (Å²) >= 11 is 0. The average molecular weight is 373 g/mol. The second-order valence-electron chi connectivity index (χ2n) is 5.18. The topological polar surface area (TPSA) is 64.0 Å². The van der Waals surface area contributed by atoms with Crippen molar-refractivity contribution in [2.24, 2.45) is 0 Å². The third-order valence-electron chi connectivity index (χ3n) is 3.36. The number of halogens is 6. The number of furan rings is 1. The SMILES string of the molecule is N#Cc1ccc(N(Cc2occc2C#N)CC(F)(F)F)cc1C(F)(F)F. The van der Waals surface area contributed by atoms with Crippen LogP contribution in [0.4, 0.5) is 32.0 Å². The molecule has 0 bridgehead atoms. The number of hydrogen-bond donors (Lipinski definition) is 0. The number of nitriles is 2. The van der Waals surface area contributed by atoms with E-state index in [-0.39, 0.29) is 11.3 Å². The predicted molar refractivity (Wildman–Crippen MR) is 76.7 cm³/mol. The number of hydrogen-bond acceptors (Lipinski definition) is 4. The molecule has 0 amide bonds. The molecule has 136 valence electrons. The minimum Gasteiger partial charge on any atom is -0.466 e. The van der Waals surface area contributed by atoms with Crippen molar-refractivity contribution in [2.45, 2.75) is 18.9 Å². The highest BCUT2D eigenvalue weighted by atomic mass is 19.4. The maximum absolute atomic E-state index is 13.1. The van der Waals surface area contributed by atoms with E-state index in [4.69, 9.17) is 14.9 Å². The van der Waals surface area contributed by atoms with E-state index in [1.165, 1.54) is 12.1 Å². The Morgan fingerprint density at radius 1 is 0.962 bits per heavy atom. The Morgan fingerprint density at radius 3 is 2.15 bits per heavy atom. The van der Waals surface area contributed by atoms with Gasteiger partial charge in [-0.1, -0.05) is 0 Å². The molecule has 26 heavy (non-hydrogen) atoms. The second kappa shape index (κ2) is 7.00. The predicted octanol–water partition coefficient (Wildman–Crippen LogP) is 4.61. The summed E-state index contributed by atoms with van der Waals surface area (Å²) in [7, 11) is 0. The van der Waals surface area contributed by atoms with Crippen LogP contribution in [0.1, 0.15) is 22.5 Å². The van der Waals surface area contributed by atoms with Crippen molar-refractivity contribution in [1.29, 1.82) is 10.5 Å². The van der Waals surface area contributed by atoms with E-state index in [1.807, 2.05) is 0 Å². The van der Waals surface area contributed by atoms with E-state index >= 15 is 0 Å². The molecular formula is C16H9F6N3O. The van der Waals surface area contributed by atoms with Crippen molar-refractivity contribution in [3.63, 3.8) is 0 Å². The fourth-order valence-electron chi connectivity index (χ4n) is 2.25. The molecule has 0 aliphatic carbocycles. The molecule has 0 fully saturated rings. The molecule has 1 aromatic heterocycles. The van der Waals surface area contributed by atoms with E-state index in [1.54, 1.807) is 6.07 Å². The van der Waals surface area contributed by atoms with Gasteiger partial charge in [0.15, 0.2) is 0 Å². The van der Waals surface area contributed by atoms with Crippen LogP contribution in [-0.4, -0.2) is 12.7 Å². The number of rotatable bonds is 4. The summed E-state index contributed by atoms with van der Waals surface area (Å²) in [4.78, 5) is 0.593. The molecule has 10 heteroatoms. The maximum Gasteiger partial charge on any atom is 0.417 e. The fourth-order valence-corrected chi connectivity index (χ4v) is 2.25. The van der Waals surface area contributed by atoms with Gasteiger partial charge in [0, 0.05) is 5.69 Å². The monoisotopic (exact) mass is 373 g/mol. The van der Waals surface area contributed by atoms with Gasteiger partial charge in [-0.15, -0.1) is 0 Å². The van der Waals surface area contributed by atoms with Gasteiger partial charge in [0.1, 0.15) is 18.4 Å². The number of nitrogens with zero attached hydrogens (tertiary/aromatic N) is 3. The number of alkyl halides is 6. The van der Waals surface area contributed by atoms with E-state index in [0.29, 0.717) is 11.0 Å². The first-order valence-corrected chi connectivity index (χ1v) is 6.94. The van der Waals surface area contributed by atoms with Gasteiger partial charge in [-0.2, -0.15) is 36.9 Å². The minimum atomic E-state index is -4.91. The van der Waals surface area contributed by atoms with Gasteiger partial charge in [0.05, 0.1) is 35.6 Å². The highest BCUT2D eigenvalue weighted by Crippen LogP contribution is 2.35. The molecule has 0 spiro atoms. The van der Waals surface area contributed by atoms with E-state index in [0.717, 1.165) is 18.4 Å². The summed E-state index contributed by atoms with van der Waals surface area (Å²) in [6, 6.07) is 6.57. The first-order valence-electron chi connectivity index (χ1n) is 6.94. The molecule has 0 saturated heterocycles. The minimum absolute atomic E-state index is 0.0261. The van der Waals surface area contributed by atoms with E-state index in [2.05, 4.69) is 0 Å². The van der Waals surface area contributed by atoms with Gasteiger partial charge < -0.3 is 9.32 Å². The Bertz CT molecular complexity index is 870. The van der Waals surface area contributed by atoms with Crippen LogP contribution >= 0.6 is 0 Å². The summed E-state index contributed by atoms with van der Waals surface area (Å²) < 4.78 is 82.7. The van der Waals surface area contributed by atoms with Crippen molar-refractivity contribution in [3.05, 3.63) is 53.0 Å². The van der Waals surface area contributed by atoms with Crippen LogP contribution in [0.5, 0.6) is 0 Å². The van der Waals surface area contributed by atoms with E-state index < -0.39 is 42.3 Å². The zero-order valence-corrected chi connectivity index (χ0v) is 12.8. The standard InChI is InChI=1S/C16H9F6N3O/c17-15(18,19)9-25(8-14-11(7-24)3-4-26-14)12-2-1-10(6-23)13(5-12)16(20,21)22/h1-5H,8-9H2. The zero-order valence-electron chi connectivity index (χ0n) is 12.8. The average Bonchev–Trinajstić information content (AvgIpc) is 2.98. The Balaban J connectivity index is 2.49. The lowest BCUT2D eigenvalue weighted by Gasteiger charge is -2.26. The van der Waals surface area contributed by atoms with Crippen LogP contribution in [0.2, 0.25) is 0 Å². The van der Waals surface area contributed by atoms with Gasteiger partial charge >= 0.3 is 12.4 Å². The lowest BCUT2D eigenvalue weighted by Crippen LogP contribution is -2.34. The van der Waals surface area contributed by atoms with Crippen LogP contribution in [0.3, 0.4) is 0 Å². The summed E-state index contributed by atoms with van der Waals surface area (Å²) in [5, 5.41) is 17.7. The van der Waals surface area contributed by atoms with Crippen molar-refractivity contribution < 1.29 is 30.8 Å². The second-order valence-corrected chi connectivity index (χ2v) is 5.18. The zero-order chi connectivity index (χ0) is 19.5. The molecule has 1 heterocycles. The number of benzene rings is 1. The first-order chi connectivity index (χ1) is 12.0. The summed E-state index contributed by atoms with van der Waals surface area (Å²) in [5.41, 5.74) is -2.48. The van der Waals surface area contributed by atoms with Gasteiger partial charge in [-0.3, -0.25) is 0 Å². The smallest absolute Gasteiger partial charge is 0.417 e. The van der Waals surface area contributed by atoms with Gasteiger partial charge in [-0.25, -0.2) is 0 Å². The Morgan fingerprint density at radius 2 is 1.62 bits per heavy atom. The Kier molecular flexibility index (Phi) is 5.17. The van der Waals surface area contributed by atoms with Crippen molar-refractivity contribution in [1.82, 2.24) is 0 Å².